The van der Waals surface area contributed by atoms with Gasteiger partial charge in [0.1, 0.15) is 0 Å². The fraction of sp³-hybridized carbons (Fsp3) is 0.176. The second-order valence-corrected chi connectivity index (χ2v) is 13.1. The van der Waals surface area contributed by atoms with E-state index in [0.29, 0.717) is 0 Å². The molecule has 39 heavy (non-hydrogen) atoms. The van der Waals surface area contributed by atoms with Gasteiger partial charge in [0.05, 0.1) is 27.8 Å². The van der Waals surface area contributed by atoms with Crippen molar-refractivity contribution in [2.24, 2.45) is 0 Å². The van der Waals surface area contributed by atoms with Gasteiger partial charge >= 0.3 is 7.12 Å². The summed E-state index contributed by atoms with van der Waals surface area (Å²) in [5, 5.41) is 10.4. The van der Waals surface area contributed by atoms with Gasteiger partial charge < -0.3 is 13.7 Å². The van der Waals surface area contributed by atoms with Crippen molar-refractivity contribution >= 4 is 93.0 Å². The van der Waals surface area contributed by atoms with Gasteiger partial charge in [-0.1, -0.05) is 48.5 Å². The third-order valence-corrected chi connectivity index (χ3v) is 10.4. The van der Waals surface area contributed by atoms with Crippen LogP contribution < -0.4 is 5.46 Å². The molecule has 4 heterocycles. The van der Waals surface area contributed by atoms with Crippen LogP contribution in [0.2, 0.25) is 0 Å². The summed E-state index contributed by atoms with van der Waals surface area (Å²) in [5.74, 6) is 0. The maximum atomic E-state index is 6.34. The smallest absolute Gasteiger partial charge is 0.399 e. The van der Waals surface area contributed by atoms with Gasteiger partial charge in [-0.25, -0.2) is 0 Å². The molecule has 1 aliphatic heterocycles. The second kappa shape index (κ2) is 7.11. The first-order valence-electron chi connectivity index (χ1n) is 13.6. The Morgan fingerprint density at radius 1 is 0.590 bits per heavy atom. The molecule has 0 spiro atoms. The summed E-state index contributed by atoms with van der Waals surface area (Å²) >= 11 is 1.85. The maximum absolute atomic E-state index is 6.34. The molecule has 0 radical (unpaired) electrons. The minimum absolute atomic E-state index is 0.347. The van der Waals surface area contributed by atoms with E-state index >= 15 is 0 Å². The Bertz CT molecular complexity index is 2290. The predicted molar refractivity (Wildman–Crippen MR) is 167 cm³/mol. The molecule has 3 nitrogen and oxygen atoms in total. The topological polar surface area (TPSA) is 22.9 Å². The summed E-state index contributed by atoms with van der Waals surface area (Å²) in [6.07, 6.45) is 0. The number of aromatic nitrogens is 1. The quantitative estimate of drug-likeness (QED) is 0.201. The zero-order chi connectivity index (χ0) is 26.3. The highest BCUT2D eigenvalue weighted by molar-refractivity contribution is 7.26. The summed E-state index contributed by atoms with van der Waals surface area (Å²) in [6.45, 7) is 8.42. The third kappa shape index (κ3) is 2.80. The van der Waals surface area contributed by atoms with Crippen LogP contribution in [-0.2, 0) is 9.31 Å². The molecule has 3 aromatic heterocycles. The molecule has 0 atom stereocenters. The summed E-state index contributed by atoms with van der Waals surface area (Å²) in [5.41, 5.74) is 4.26. The number of thiophene rings is 1. The van der Waals surface area contributed by atoms with Crippen LogP contribution >= 0.6 is 11.3 Å². The molecule has 1 fully saturated rings. The molecule has 8 aromatic rings. The van der Waals surface area contributed by atoms with Crippen molar-refractivity contribution in [1.29, 1.82) is 0 Å². The molecule has 0 unspecified atom stereocenters. The van der Waals surface area contributed by atoms with Crippen LogP contribution in [-0.4, -0.2) is 22.7 Å². The molecular formula is C34H26BNO2S. The van der Waals surface area contributed by atoms with Crippen molar-refractivity contribution in [3.8, 4) is 0 Å². The van der Waals surface area contributed by atoms with Crippen LogP contribution in [0.4, 0.5) is 0 Å². The van der Waals surface area contributed by atoms with E-state index in [1.807, 2.05) is 11.3 Å². The predicted octanol–water partition coefficient (Wildman–Crippen LogP) is 8.66. The van der Waals surface area contributed by atoms with Crippen molar-refractivity contribution < 1.29 is 9.31 Å². The molecule has 0 N–H and O–H groups in total. The first kappa shape index (κ1) is 22.2. The van der Waals surface area contributed by atoms with Crippen molar-refractivity contribution in [2.45, 2.75) is 38.9 Å². The lowest BCUT2D eigenvalue weighted by Crippen LogP contribution is -2.41. The average Bonchev–Trinajstić information content (AvgIpc) is 3.60. The van der Waals surface area contributed by atoms with Crippen LogP contribution in [0.25, 0.3) is 69.0 Å². The Morgan fingerprint density at radius 3 is 2.08 bits per heavy atom. The zero-order valence-electron chi connectivity index (χ0n) is 22.3. The molecular weight excluding hydrogens is 497 g/mol. The summed E-state index contributed by atoms with van der Waals surface area (Å²) in [4.78, 5) is 0. The monoisotopic (exact) mass is 523 g/mol. The molecule has 1 aliphatic rings. The highest BCUT2D eigenvalue weighted by Gasteiger charge is 2.51. The molecule has 0 amide bonds. The van der Waals surface area contributed by atoms with Crippen molar-refractivity contribution in [2.75, 3.05) is 0 Å². The number of fused-ring (bicyclic) bond motifs is 10. The Labute approximate surface area is 230 Å². The Balaban J connectivity index is 1.27. The third-order valence-electron chi connectivity index (χ3n) is 9.32. The van der Waals surface area contributed by atoms with Crippen LogP contribution in [0.15, 0.2) is 84.9 Å². The molecule has 5 heteroatoms. The van der Waals surface area contributed by atoms with E-state index < -0.39 is 0 Å². The van der Waals surface area contributed by atoms with E-state index in [9.17, 15) is 0 Å². The first-order valence-corrected chi connectivity index (χ1v) is 14.4. The van der Waals surface area contributed by atoms with Gasteiger partial charge in [0.2, 0.25) is 0 Å². The lowest BCUT2D eigenvalue weighted by atomic mass is 9.79. The highest BCUT2D eigenvalue weighted by Crippen LogP contribution is 2.43. The fourth-order valence-electron chi connectivity index (χ4n) is 6.59. The molecule has 1 saturated heterocycles. The van der Waals surface area contributed by atoms with Crippen molar-refractivity contribution in [3.63, 3.8) is 0 Å². The number of benzene rings is 5. The minimum Gasteiger partial charge on any atom is -0.399 e. The van der Waals surface area contributed by atoms with E-state index in [1.54, 1.807) is 0 Å². The second-order valence-electron chi connectivity index (χ2n) is 12.1. The van der Waals surface area contributed by atoms with Crippen LogP contribution in [0.5, 0.6) is 0 Å². The van der Waals surface area contributed by atoms with E-state index in [0.717, 1.165) is 5.46 Å². The Morgan fingerprint density at radius 2 is 1.26 bits per heavy atom. The minimum atomic E-state index is -0.347. The molecule has 0 bridgehead atoms. The van der Waals surface area contributed by atoms with Crippen LogP contribution in [0, 0.1) is 0 Å². The number of para-hydroxylation sites is 2. The average molecular weight is 523 g/mol. The van der Waals surface area contributed by atoms with Gasteiger partial charge in [-0.05, 0) is 80.3 Å². The molecule has 0 aliphatic carbocycles. The van der Waals surface area contributed by atoms with Gasteiger partial charge in [0.25, 0.3) is 0 Å². The Kier molecular flexibility index (Phi) is 4.05. The number of hydrogen-bond acceptors (Lipinski definition) is 3. The van der Waals surface area contributed by atoms with Gasteiger partial charge in [-0.15, -0.1) is 11.3 Å². The van der Waals surface area contributed by atoms with Gasteiger partial charge in [0, 0.05) is 41.7 Å². The normalized spacial score (nSPS) is 17.4. The molecule has 9 rings (SSSR count). The van der Waals surface area contributed by atoms with E-state index in [-0.39, 0.29) is 18.3 Å². The van der Waals surface area contributed by atoms with E-state index in [2.05, 4.69) is 117 Å². The maximum Gasteiger partial charge on any atom is 0.494 e. The SMILES string of the molecule is CC1(C)OB(c2ccc3c(c2)sc2cc4cc5c6cccc7c8ccccc8n(c5cc4cc23)c76)OC1(C)C. The molecule has 5 aromatic carbocycles. The van der Waals surface area contributed by atoms with Gasteiger partial charge in [0.15, 0.2) is 0 Å². The van der Waals surface area contributed by atoms with Crippen LogP contribution in [0.1, 0.15) is 27.7 Å². The van der Waals surface area contributed by atoms with E-state index in [1.165, 1.54) is 69.0 Å². The number of rotatable bonds is 1. The lowest BCUT2D eigenvalue weighted by molar-refractivity contribution is 0.00578. The Hall–Kier alpha value is -3.64. The fourth-order valence-corrected chi connectivity index (χ4v) is 7.77. The number of nitrogens with zero attached hydrogens (tertiary/aromatic N) is 1. The highest BCUT2D eigenvalue weighted by atomic mass is 32.1. The van der Waals surface area contributed by atoms with Crippen molar-refractivity contribution in [3.05, 3.63) is 84.9 Å². The number of hydrogen-bond donors (Lipinski definition) is 0. The summed E-state index contributed by atoms with van der Waals surface area (Å²) in [7, 11) is -0.347. The first-order chi connectivity index (χ1) is 18.8. The van der Waals surface area contributed by atoms with E-state index in [4.69, 9.17) is 9.31 Å². The van der Waals surface area contributed by atoms with Crippen molar-refractivity contribution in [1.82, 2.24) is 4.40 Å². The lowest BCUT2D eigenvalue weighted by Gasteiger charge is -2.32. The van der Waals surface area contributed by atoms with Gasteiger partial charge in [-0.2, -0.15) is 0 Å². The summed E-state index contributed by atoms with van der Waals surface area (Å²) in [6, 6.07) is 31.7. The molecule has 188 valence electrons. The summed E-state index contributed by atoms with van der Waals surface area (Å²) < 4.78 is 17.7. The zero-order valence-corrected chi connectivity index (χ0v) is 23.1. The van der Waals surface area contributed by atoms with Gasteiger partial charge in [-0.3, -0.25) is 0 Å². The largest absolute Gasteiger partial charge is 0.494 e. The van der Waals surface area contributed by atoms with Crippen LogP contribution in [0.3, 0.4) is 0 Å². The molecule has 0 saturated carbocycles. The standard InChI is InChI=1S/C34H26BNO2S/c1-33(2)34(3,4)38-35(37-33)21-12-13-23-27-15-19-16-29-26(14-20(19)17-30(27)39-31(23)18-21)25-10-7-9-24-22-8-5-6-11-28(22)36(29)32(24)25/h5-18H,1-4H3.